The molecule has 2 aromatic rings. The molecule has 1 aliphatic heterocycles. The Morgan fingerprint density at radius 2 is 1.60 bits per heavy atom. The van der Waals surface area contributed by atoms with Crippen LogP contribution in [0, 0.1) is 11.3 Å². The van der Waals surface area contributed by atoms with Gasteiger partial charge in [0.05, 0.1) is 16.7 Å². The maximum absolute atomic E-state index is 12.8. The fourth-order valence-electron chi connectivity index (χ4n) is 2.76. The van der Waals surface area contributed by atoms with E-state index in [-0.39, 0.29) is 9.92 Å². The summed E-state index contributed by atoms with van der Waals surface area (Å²) in [5.41, 5.74) is 1.57. The molecule has 5 nitrogen and oxygen atoms in total. The molecule has 0 aliphatic carbocycles. The van der Waals surface area contributed by atoms with Crippen molar-refractivity contribution in [1.29, 1.82) is 5.26 Å². The molecule has 0 radical (unpaired) electrons. The molecular weight excluding hydrogens is 381 g/mol. The lowest BCUT2D eigenvalue weighted by atomic mass is 10.2. The third kappa shape index (κ3) is 3.75. The van der Waals surface area contributed by atoms with Crippen LogP contribution in [0.1, 0.15) is 5.56 Å². The first-order valence-electron chi connectivity index (χ1n) is 7.62. The van der Waals surface area contributed by atoms with Crippen molar-refractivity contribution in [3.8, 4) is 6.07 Å². The van der Waals surface area contributed by atoms with Gasteiger partial charge in [-0.05, 0) is 42.5 Å². The number of rotatable bonds is 3. The second-order valence-electron chi connectivity index (χ2n) is 5.62. The lowest BCUT2D eigenvalue weighted by Gasteiger charge is -2.35. The van der Waals surface area contributed by atoms with E-state index in [4.69, 9.17) is 28.5 Å². The topological polar surface area (TPSA) is 64.4 Å². The highest BCUT2D eigenvalue weighted by Crippen LogP contribution is 2.28. The Hall–Kier alpha value is -1.78. The van der Waals surface area contributed by atoms with Gasteiger partial charge in [-0.15, -0.1) is 0 Å². The third-order valence-corrected chi connectivity index (χ3v) is 6.73. The van der Waals surface area contributed by atoms with E-state index in [2.05, 4.69) is 11.0 Å². The van der Waals surface area contributed by atoms with Crippen LogP contribution < -0.4 is 4.90 Å². The molecule has 0 amide bonds. The lowest BCUT2D eigenvalue weighted by Crippen LogP contribution is -2.48. The number of piperazine rings is 1. The summed E-state index contributed by atoms with van der Waals surface area (Å²) in [6.07, 6.45) is 0. The minimum absolute atomic E-state index is 0.0744. The van der Waals surface area contributed by atoms with Gasteiger partial charge in [0.1, 0.15) is 4.90 Å². The molecule has 3 rings (SSSR count). The molecule has 1 heterocycles. The quantitative estimate of drug-likeness (QED) is 0.798. The van der Waals surface area contributed by atoms with Crippen LogP contribution in [0.15, 0.2) is 47.4 Å². The number of nitrogens with zero attached hydrogens (tertiary/aromatic N) is 3. The van der Waals surface area contributed by atoms with Gasteiger partial charge in [0.15, 0.2) is 0 Å². The lowest BCUT2D eigenvalue weighted by molar-refractivity contribution is 0.385. The Kier molecular flexibility index (Phi) is 5.21. The van der Waals surface area contributed by atoms with Crippen molar-refractivity contribution in [2.75, 3.05) is 31.1 Å². The molecule has 0 spiro atoms. The van der Waals surface area contributed by atoms with Crippen LogP contribution in [-0.2, 0) is 10.0 Å². The Balaban J connectivity index is 1.73. The van der Waals surface area contributed by atoms with Crippen molar-refractivity contribution in [1.82, 2.24) is 4.31 Å². The highest BCUT2D eigenvalue weighted by Gasteiger charge is 2.30. The molecular formula is C17H15Cl2N3O2S. The fraction of sp³-hybridized carbons (Fsp3) is 0.235. The van der Waals surface area contributed by atoms with Crippen molar-refractivity contribution in [3.05, 3.63) is 58.1 Å². The monoisotopic (exact) mass is 395 g/mol. The summed E-state index contributed by atoms with van der Waals surface area (Å²) >= 11 is 11.9. The van der Waals surface area contributed by atoms with Gasteiger partial charge in [0.25, 0.3) is 0 Å². The number of hydrogen-bond donors (Lipinski definition) is 0. The zero-order valence-corrected chi connectivity index (χ0v) is 15.5. The number of nitriles is 1. The molecule has 25 heavy (non-hydrogen) atoms. The van der Waals surface area contributed by atoms with Crippen LogP contribution >= 0.6 is 23.2 Å². The van der Waals surface area contributed by atoms with Crippen LogP contribution in [0.5, 0.6) is 0 Å². The zero-order valence-electron chi connectivity index (χ0n) is 13.2. The van der Waals surface area contributed by atoms with Gasteiger partial charge in [-0.25, -0.2) is 8.42 Å². The van der Waals surface area contributed by atoms with E-state index < -0.39 is 10.0 Å². The van der Waals surface area contributed by atoms with Gasteiger partial charge in [0.2, 0.25) is 10.0 Å². The predicted octanol–water partition coefficient (Wildman–Crippen LogP) is 3.38. The first-order valence-corrected chi connectivity index (χ1v) is 9.82. The first kappa shape index (κ1) is 18.0. The summed E-state index contributed by atoms with van der Waals surface area (Å²) in [6.45, 7) is 1.86. The largest absolute Gasteiger partial charge is 0.369 e. The molecule has 1 fully saturated rings. The molecule has 0 atom stereocenters. The van der Waals surface area contributed by atoms with Crippen LogP contribution in [0.25, 0.3) is 0 Å². The van der Waals surface area contributed by atoms with Gasteiger partial charge in [0, 0.05) is 36.9 Å². The van der Waals surface area contributed by atoms with Gasteiger partial charge >= 0.3 is 0 Å². The zero-order chi connectivity index (χ0) is 18.0. The molecule has 0 saturated carbocycles. The van der Waals surface area contributed by atoms with E-state index in [9.17, 15) is 8.42 Å². The smallest absolute Gasteiger partial charge is 0.244 e. The van der Waals surface area contributed by atoms with Gasteiger partial charge in [-0.2, -0.15) is 9.57 Å². The Morgan fingerprint density at radius 1 is 0.960 bits per heavy atom. The van der Waals surface area contributed by atoms with Gasteiger partial charge in [-0.1, -0.05) is 23.2 Å². The first-order chi connectivity index (χ1) is 11.9. The second-order valence-corrected chi connectivity index (χ2v) is 8.37. The Labute approximate surface area is 157 Å². The molecule has 0 N–H and O–H groups in total. The van der Waals surface area contributed by atoms with Crippen LogP contribution in [0.4, 0.5) is 5.69 Å². The van der Waals surface area contributed by atoms with Crippen molar-refractivity contribution in [2.24, 2.45) is 0 Å². The minimum Gasteiger partial charge on any atom is -0.369 e. The number of sulfonamides is 1. The van der Waals surface area contributed by atoms with Crippen molar-refractivity contribution in [3.63, 3.8) is 0 Å². The average Bonchev–Trinajstić information content (AvgIpc) is 2.61. The summed E-state index contributed by atoms with van der Waals surface area (Å²) in [5.74, 6) is 0. The predicted molar refractivity (Wildman–Crippen MR) is 98.6 cm³/mol. The summed E-state index contributed by atoms with van der Waals surface area (Å²) in [6, 6.07) is 13.7. The maximum Gasteiger partial charge on any atom is 0.244 e. The molecule has 1 saturated heterocycles. The van der Waals surface area contributed by atoms with Crippen molar-refractivity contribution < 1.29 is 8.42 Å². The summed E-state index contributed by atoms with van der Waals surface area (Å²) in [7, 11) is -3.65. The standard InChI is InChI=1S/C17H15Cl2N3O2S/c18-14-3-6-17(16(19)11-14)25(23,24)22-9-7-21(8-10-22)15-4-1-13(12-20)2-5-15/h1-6,11H,7-10H2. The van der Waals surface area contributed by atoms with Crippen molar-refractivity contribution >= 4 is 38.9 Å². The van der Waals surface area contributed by atoms with E-state index in [0.29, 0.717) is 36.8 Å². The third-order valence-electron chi connectivity index (χ3n) is 4.11. The summed E-state index contributed by atoms with van der Waals surface area (Å²) < 4.78 is 27.0. The molecule has 0 aromatic heterocycles. The number of halogens is 2. The molecule has 130 valence electrons. The van der Waals surface area contributed by atoms with Gasteiger partial charge in [-0.3, -0.25) is 0 Å². The van der Waals surface area contributed by atoms with E-state index in [1.165, 1.54) is 22.5 Å². The van der Waals surface area contributed by atoms with Crippen LogP contribution in [0.3, 0.4) is 0 Å². The van der Waals surface area contributed by atoms with E-state index in [1.54, 1.807) is 12.1 Å². The highest BCUT2D eigenvalue weighted by molar-refractivity contribution is 7.89. The van der Waals surface area contributed by atoms with Crippen LogP contribution in [-0.4, -0.2) is 38.9 Å². The number of hydrogen-bond acceptors (Lipinski definition) is 4. The molecule has 8 heteroatoms. The summed E-state index contributed by atoms with van der Waals surface area (Å²) in [5, 5.41) is 9.38. The average molecular weight is 396 g/mol. The number of benzene rings is 2. The summed E-state index contributed by atoms with van der Waals surface area (Å²) in [4.78, 5) is 2.17. The molecule has 0 bridgehead atoms. The number of anilines is 1. The normalized spacial score (nSPS) is 15.8. The van der Waals surface area contributed by atoms with E-state index >= 15 is 0 Å². The molecule has 2 aromatic carbocycles. The molecule has 1 aliphatic rings. The second kappa shape index (κ2) is 7.22. The Bertz CT molecular complexity index is 916. The fourth-order valence-corrected chi connectivity index (χ4v) is 4.93. The van der Waals surface area contributed by atoms with Gasteiger partial charge < -0.3 is 4.90 Å². The highest BCUT2D eigenvalue weighted by atomic mass is 35.5. The van der Waals surface area contributed by atoms with E-state index in [0.717, 1.165) is 5.69 Å². The Morgan fingerprint density at radius 3 is 2.16 bits per heavy atom. The van der Waals surface area contributed by atoms with Crippen molar-refractivity contribution in [2.45, 2.75) is 4.90 Å². The molecule has 0 unspecified atom stereocenters. The maximum atomic E-state index is 12.8. The SMILES string of the molecule is N#Cc1ccc(N2CCN(S(=O)(=O)c3ccc(Cl)cc3Cl)CC2)cc1. The van der Waals surface area contributed by atoms with E-state index in [1.807, 2.05) is 12.1 Å². The van der Waals surface area contributed by atoms with Crippen LogP contribution in [0.2, 0.25) is 10.0 Å². The minimum atomic E-state index is -3.65.